The first-order valence-electron chi connectivity index (χ1n) is 9.67. The fourth-order valence-corrected chi connectivity index (χ4v) is 4.14. The highest BCUT2D eigenvalue weighted by atomic mass is 127. The van der Waals surface area contributed by atoms with Crippen molar-refractivity contribution in [3.05, 3.63) is 27.8 Å². The van der Waals surface area contributed by atoms with Gasteiger partial charge in [0, 0.05) is 22.2 Å². The molecule has 0 unspecified atom stereocenters. The molecule has 184 valence electrons. The molecule has 0 bridgehead atoms. The van der Waals surface area contributed by atoms with Gasteiger partial charge in [-0.25, -0.2) is 4.79 Å². The fraction of sp³-hybridized carbons (Fsp3) is 0.444. The second kappa shape index (κ2) is 13.9. The van der Waals surface area contributed by atoms with Crippen LogP contribution in [0.2, 0.25) is 0 Å². The van der Waals surface area contributed by atoms with Crippen molar-refractivity contribution >= 4 is 62.4 Å². The summed E-state index contributed by atoms with van der Waals surface area (Å²) >= 11 is 2.13. The Balaban J connectivity index is 2.46. The molecule has 0 spiro atoms. The number of urea groups is 1. The Morgan fingerprint density at radius 2 is 1.42 bits per heavy atom. The number of nitrogens with one attached hydrogen (secondary N) is 4. The monoisotopic (exact) mass is 600 g/mol. The number of carboxylic acid groups (broad SMARTS) is 3. The van der Waals surface area contributed by atoms with E-state index in [4.69, 9.17) is 10.2 Å². The van der Waals surface area contributed by atoms with Crippen LogP contribution in [0.15, 0.2) is 24.3 Å². The zero-order valence-corrected chi connectivity index (χ0v) is 20.3. The Labute approximate surface area is 203 Å². The van der Waals surface area contributed by atoms with E-state index in [1.54, 1.807) is 16.9 Å². The average molecular weight is 600 g/mol. The van der Waals surface area contributed by atoms with Crippen LogP contribution >= 0.6 is 22.6 Å². The van der Waals surface area contributed by atoms with Crippen molar-refractivity contribution in [1.29, 1.82) is 0 Å². The van der Waals surface area contributed by atoms with E-state index in [9.17, 15) is 32.7 Å². The van der Waals surface area contributed by atoms with Crippen molar-refractivity contribution in [2.24, 2.45) is 0 Å². The third kappa shape index (κ3) is 12.4. The molecular formula is C18H25IN4O9S. The van der Waals surface area contributed by atoms with E-state index in [2.05, 4.69) is 33.2 Å². The normalized spacial score (nSPS) is 13.0. The van der Waals surface area contributed by atoms with E-state index in [0.717, 1.165) is 3.57 Å². The lowest BCUT2D eigenvalue weighted by Crippen LogP contribution is -2.51. The third-order valence-corrected chi connectivity index (χ3v) is 6.05. The van der Waals surface area contributed by atoms with E-state index in [-0.39, 0.29) is 19.4 Å². The van der Waals surface area contributed by atoms with Crippen molar-refractivity contribution in [3.63, 3.8) is 0 Å². The number of anilines is 1. The molecule has 13 nitrogen and oxygen atoms in total. The molecule has 7 N–H and O–H groups in total. The summed E-state index contributed by atoms with van der Waals surface area (Å²) in [6.07, 6.45) is -0.630. The zero-order chi connectivity index (χ0) is 25.0. The lowest BCUT2D eigenvalue weighted by Gasteiger charge is -2.18. The molecule has 2 amide bonds. The second-order valence-electron chi connectivity index (χ2n) is 6.84. The maximum Gasteiger partial charge on any atom is 0.321 e. The van der Waals surface area contributed by atoms with Crippen molar-refractivity contribution in [2.75, 3.05) is 11.9 Å². The number of benzene rings is 1. The van der Waals surface area contributed by atoms with Gasteiger partial charge in [-0.1, -0.05) is 0 Å². The Morgan fingerprint density at radius 1 is 0.879 bits per heavy atom. The molecule has 0 radical (unpaired) electrons. The minimum Gasteiger partial charge on any atom is -0.481 e. The van der Waals surface area contributed by atoms with Gasteiger partial charge in [0.05, 0.1) is 0 Å². The van der Waals surface area contributed by atoms with Gasteiger partial charge < -0.3 is 26.0 Å². The standard InChI is InChI=1S/C18H25IN4O9S/c19-11-4-6-12(7-5-11)21-18(30)20-10-2-1-3-13(16(26)27)22-33(31,32)23-14(17(28)29)8-9-15(24)25/h4-7,13-14,22-23H,1-3,8-10H2,(H,24,25)(H,26,27)(H,28,29)(H2,20,21,30)/t13-,14+/m1/s1. The van der Waals surface area contributed by atoms with Crippen molar-refractivity contribution in [2.45, 2.75) is 44.2 Å². The molecule has 0 saturated heterocycles. The van der Waals surface area contributed by atoms with Crippen molar-refractivity contribution in [1.82, 2.24) is 14.8 Å². The number of carbonyl (C=O) groups is 4. The molecule has 0 aliphatic rings. The molecule has 0 saturated carbocycles. The van der Waals surface area contributed by atoms with Crippen LogP contribution in [0.4, 0.5) is 10.5 Å². The maximum absolute atomic E-state index is 12.1. The number of carboxylic acids is 3. The molecule has 0 aliphatic heterocycles. The predicted molar refractivity (Wildman–Crippen MR) is 125 cm³/mol. The van der Waals surface area contributed by atoms with E-state index >= 15 is 0 Å². The van der Waals surface area contributed by atoms with Gasteiger partial charge in [-0.15, -0.1) is 0 Å². The van der Waals surface area contributed by atoms with E-state index in [1.807, 2.05) is 16.9 Å². The Morgan fingerprint density at radius 3 is 1.94 bits per heavy atom. The first kappa shape index (κ1) is 28.5. The SMILES string of the molecule is O=C(O)CC[C@H](NS(=O)(=O)N[C@H](CCCCNC(=O)Nc1ccc(I)cc1)C(=O)O)C(=O)O. The molecule has 0 aromatic heterocycles. The molecule has 2 atom stereocenters. The second-order valence-corrected chi connectivity index (χ2v) is 9.56. The summed E-state index contributed by atoms with van der Waals surface area (Å²) in [4.78, 5) is 44.9. The molecule has 1 aromatic carbocycles. The minimum absolute atomic E-state index is 0.121. The highest BCUT2D eigenvalue weighted by Gasteiger charge is 2.28. The highest BCUT2D eigenvalue weighted by Crippen LogP contribution is 2.11. The number of aliphatic carboxylic acids is 3. The van der Waals surface area contributed by atoms with Gasteiger partial charge in [0.25, 0.3) is 10.2 Å². The summed E-state index contributed by atoms with van der Waals surface area (Å²) in [5, 5.41) is 32.1. The zero-order valence-electron chi connectivity index (χ0n) is 17.3. The summed E-state index contributed by atoms with van der Waals surface area (Å²) < 4.78 is 28.8. The van der Waals surface area contributed by atoms with Crippen molar-refractivity contribution in [3.8, 4) is 0 Å². The predicted octanol–water partition coefficient (Wildman–Crippen LogP) is 0.778. The third-order valence-electron chi connectivity index (χ3n) is 4.15. The lowest BCUT2D eigenvalue weighted by atomic mass is 10.1. The minimum atomic E-state index is -4.55. The summed E-state index contributed by atoms with van der Waals surface area (Å²) in [5.74, 6) is -4.37. The number of halogens is 1. The average Bonchev–Trinajstić information content (AvgIpc) is 2.71. The van der Waals surface area contributed by atoms with E-state index < -0.39 is 59.1 Å². The van der Waals surface area contributed by atoms with Crippen LogP contribution in [0, 0.1) is 3.57 Å². The number of carbonyl (C=O) groups excluding carboxylic acids is 1. The van der Waals surface area contributed by atoms with Gasteiger partial charge in [0.15, 0.2) is 0 Å². The topological polar surface area (TPSA) is 211 Å². The highest BCUT2D eigenvalue weighted by molar-refractivity contribution is 14.1. The van der Waals surface area contributed by atoms with E-state index in [1.165, 1.54) is 0 Å². The quantitative estimate of drug-likeness (QED) is 0.112. The number of hydrogen-bond acceptors (Lipinski definition) is 6. The molecule has 33 heavy (non-hydrogen) atoms. The molecule has 0 heterocycles. The fourth-order valence-electron chi connectivity index (χ4n) is 2.53. The van der Waals surface area contributed by atoms with Gasteiger partial charge in [0.2, 0.25) is 0 Å². The number of hydrogen-bond donors (Lipinski definition) is 7. The van der Waals surface area contributed by atoms with Crippen LogP contribution in [0.5, 0.6) is 0 Å². The summed E-state index contributed by atoms with van der Waals surface area (Å²) in [6, 6.07) is 3.38. The van der Waals surface area contributed by atoms with Gasteiger partial charge in [0.1, 0.15) is 12.1 Å². The Bertz CT molecular complexity index is 941. The van der Waals surface area contributed by atoms with Gasteiger partial charge in [-0.3, -0.25) is 14.4 Å². The summed E-state index contributed by atoms with van der Waals surface area (Å²) in [5.41, 5.74) is 0.601. The van der Waals surface area contributed by atoms with Crippen LogP contribution in [0.3, 0.4) is 0 Å². The Hall–Kier alpha value is -2.50. The maximum atomic E-state index is 12.1. The van der Waals surface area contributed by atoms with Crippen LogP contribution in [0.1, 0.15) is 32.1 Å². The van der Waals surface area contributed by atoms with Crippen LogP contribution < -0.4 is 20.1 Å². The molecule has 1 rings (SSSR count). The van der Waals surface area contributed by atoms with Crippen LogP contribution in [-0.2, 0) is 24.6 Å². The summed E-state index contributed by atoms with van der Waals surface area (Å²) in [7, 11) is -4.55. The smallest absolute Gasteiger partial charge is 0.321 e. The van der Waals surface area contributed by atoms with Gasteiger partial charge in [-0.2, -0.15) is 17.9 Å². The lowest BCUT2D eigenvalue weighted by molar-refractivity contribution is -0.140. The molecule has 0 aliphatic carbocycles. The van der Waals surface area contributed by atoms with E-state index in [0.29, 0.717) is 12.1 Å². The number of unbranched alkanes of at least 4 members (excludes halogenated alkanes) is 1. The van der Waals surface area contributed by atoms with Crippen LogP contribution in [-0.4, -0.2) is 66.3 Å². The largest absolute Gasteiger partial charge is 0.481 e. The Kier molecular flexibility index (Phi) is 12.0. The van der Waals surface area contributed by atoms with Gasteiger partial charge >= 0.3 is 23.9 Å². The van der Waals surface area contributed by atoms with Crippen molar-refractivity contribution < 1.29 is 42.9 Å². The summed E-state index contributed by atoms with van der Waals surface area (Å²) in [6.45, 7) is 0.212. The number of amides is 2. The first-order chi connectivity index (χ1) is 15.4. The van der Waals surface area contributed by atoms with Gasteiger partial charge in [-0.05, 0) is 72.5 Å². The molecule has 15 heteroatoms. The molecular weight excluding hydrogens is 575 g/mol. The number of rotatable bonds is 15. The first-order valence-corrected chi connectivity index (χ1v) is 12.2. The molecule has 1 aromatic rings. The molecule has 0 fully saturated rings. The van der Waals surface area contributed by atoms with Crippen LogP contribution in [0.25, 0.3) is 0 Å².